The molecule has 5 nitrogen and oxygen atoms in total. The van der Waals surface area contributed by atoms with Crippen LogP contribution in [0.2, 0.25) is 0 Å². The van der Waals surface area contributed by atoms with E-state index in [-0.39, 0.29) is 0 Å². The number of imidazole rings is 1. The van der Waals surface area contributed by atoms with Crippen molar-refractivity contribution in [2.45, 2.75) is 25.6 Å². The summed E-state index contributed by atoms with van der Waals surface area (Å²) in [6, 6.07) is 10.4. The highest BCUT2D eigenvalue weighted by molar-refractivity contribution is 5.17. The molecule has 2 heterocycles. The van der Waals surface area contributed by atoms with Crippen LogP contribution in [0.25, 0.3) is 0 Å². The quantitative estimate of drug-likeness (QED) is 0.912. The SMILES string of the molecule is C[C@H]1CN(C[C@H](O)c2ccccc2)CCN1Cc1nccn1C. The molecule has 0 radical (unpaired) electrons. The number of nitrogens with zero attached hydrogens (tertiary/aromatic N) is 4. The van der Waals surface area contributed by atoms with E-state index in [0.29, 0.717) is 12.6 Å². The zero-order chi connectivity index (χ0) is 16.2. The fourth-order valence-electron chi connectivity index (χ4n) is 3.23. The molecular weight excluding hydrogens is 288 g/mol. The van der Waals surface area contributed by atoms with Crippen LogP contribution in [0.1, 0.15) is 24.4 Å². The lowest BCUT2D eigenvalue weighted by atomic mass is 10.1. The van der Waals surface area contributed by atoms with Crippen molar-refractivity contribution in [1.29, 1.82) is 0 Å². The maximum Gasteiger partial charge on any atom is 0.122 e. The summed E-state index contributed by atoms with van der Waals surface area (Å²) < 4.78 is 2.08. The van der Waals surface area contributed by atoms with Crippen molar-refractivity contribution in [3.05, 3.63) is 54.1 Å². The van der Waals surface area contributed by atoms with Crippen molar-refractivity contribution in [1.82, 2.24) is 19.4 Å². The first-order chi connectivity index (χ1) is 11.1. The third-order valence-electron chi connectivity index (χ3n) is 4.73. The average molecular weight is 314 g/mol. The highest BCUT2D eigenvalue weighted by Crippen LogP contribution is 2.18. The van der Waals surface area contributed by atoms with Crippen LogP contribution in [-0.2, 0) is 13.6 Å². The number of hydrogen-bond donors (Lipinski definition) is 1. The van der Waals surface area contributed by atoms with Crippen molar-refractivity contribution in [2.24, 2.45) is 7.05 Å². The summed E-state index contributed by atoms with van der Waals surface area (Å²) in [6.45, 7) is 6.82. The van der Waals surface area contributed by atoms with Gasteiger partial charge in [0.05, 0.1) is 12.6 Å². The first-order valence-corrected chi connectivity index (χ1v) is 8.29. The van der Waals surface area contributed by atoms with E-state index in [1.54, 1.807) is 0 Å². The number of piperazine rings is 1. The number of aliphatic hydroxyl groups excluding tert-OH is 1. The van der Waals surface area contributed by atoms with Crippen molar-refractivity contribution in [3.63, 3.8) is 0 Å². The minimum Gasteiger partial charge on any atom is -0.387 e. The second-order valence-electron chi connectivity index (χ2n) is 6.46. The van der Waals surface area contributed by atoms with Crippen molar-refractivity contribution < 1.29 is 5.11 Å². The molecule has 0 amide bonds. The molecule has 5 heteroatoms. The van der Waals surface area contributed by atoms with Crippen LogP contribution in [-0.4, -0.2) is 56.7 Å². The van der Waals surface area contributed by atoms with Crippen LogP contribution >= 0.6 is 0 Å². The number of aromatic nitrogens is 2. The topological polar surface area (TPSA) is 44.5 Å². The first kappa shape index (κ1) is 16.2. The highest BCUT2D eigenvalue weighted by Gasteiger charge is 2.26. The zero-order valence-corrected chi connectivity index (χ0v) is 14.0. The van der Waals surface area contributed by atoms with E-state index in [4.69, 9.17) is 0 Å². The van der Waals surface area contributed by atoms with E-state index < -0.39 is 6.10 Å². The lowest BCUT2D eigenvalue weighted by Crippen LogP contribution is -2.52. The Bertz CT molecular complexity index is 612. The molecule has 2 atom stereocenters. The maximum atomic E-state index is 10.4. The molecule has 0 unspecified atom stereocenters. The maximum absolute atomic E-state index is 10.4. The lowest BCUT2D eigenvalue weighted by molar-refractivity contribution is 0.0402. The third kappa shape index (κ3) is 3.99. The summed E-state index contributed by atoms with van der Waals surface area (Å²) >= 11 is 0. The lowest BCUT2D eigenvalue weighted by Gasteiger charge is -2.40. The number of aliphatic hydroxyl groups is 1. The van der Waals surface area contributed by atoms with Crippen molar-refractivity contribution >= 4 is 0 Å². The molecule has 3 rings (SSSR count). The predicted molar refractivity (Wildman–Crippen MR) is 90.9 cm³/mol. The minimum absolute atomic E-state index is 0.413. The van der Waals surface area contributed by atoms with Gasteiger partial charge in [0.1, 0.15) is 5.82 Å². The monoisotopic (exact) mass is 314 g/mol. The summed E-state index contributed by atoms with van der Waals surface area (Å²) in [4.78, 5) is 9.24. The molecule has 2 aromatic rings. The largest absolute Gasteiger partial charge is 0.387 e. The van der Waals surface area contributed by atoms with E-state index >= 15 is 0 Å². The standard InChI is InChI=1S/C18H26N4O/c1-15-12-21(13-17(23)16-6-4-3-5-7-16)10-11-22(15)14-18-19-8-9-20(18)2/h3-9,15,17,23H,10-14H2,1-2H3/t15-,17-/m0/s1. The molecule has 0 spiro atoms. The second-order valence-corrected chi connectivity index (χ2v) is 6.46. The van der Waals surface area contributed by atoms with Gasteiger partial charge < -0.3 is 9.67 Å². The Morgan fingerprint density at radius 1 is 1.26 bits per heavy atom. The Morgan fingerprint density at radius 2 is 2.04 bits per heavy atom. The van der Waals surface area contributed by atoms with Gasteiger partial charge in [-0.3, -0.25) is 9.80 Å². The summed E-state index contributed by atoms with van der Waals surface area (Å²) in [7, 11) is 2.04. The molecule has 1 fully saturated rings. The molecule has 1 aromatic heterocycles. The average Bonchev–Trinajstić information content (AvgIpc) is 2.96. The van der Waals surface area contributed by atoms with Gasteiger partial charge in [-0.1, -0.05) is 30.3 Å². The summed E-state index contributed by atoms with van der Waals surface area (Å²) in [6.07, 6.45) is 3.43. The van der Waals surface area contributed by atoms with E-state index in [0.717, 1.165) is 37.6 Å². The number of β-amino-alcohol motifs (C(OH)–C–C–N with tert-alkyl or cyclic N) is 1. The van der Waals surface area contributed by atoms with Gasteiger partial charge in [0.25, 0.3) is 0 Å². The summed E-state index contributed by atoms with van der Waals surface area (Å²) in [5, 5.41) is 10.4. The van der Waals surface area contributed by atoms with Crippen LogP contribution in [0.4, 0.5) is 0 Å². The molecule has 1 aliphatic rings. The van der Waals surface area contributed by atoms with Crippen LogP contribution in [0.15, 0.2) is 42.7 Å². The normalized spacial score (nSPS) is 21.4. The number of rotatable bonds is 5. The van der Waals surface area contributed by atoms with Gasteiger partial charge in [0, 0.05) is 51.7 Å². The summed E-state index contributed by atoms with van der Waals surface area (Å²) in [5.74, 6) is 1.11. The summed E-state index contributed by atoms with van der Waals surface area (Å²) in [5.41, 5.74) is 0.996. The molecule has 1 N–H and O–H groups in total. The Hall–Kier alpha value is -1.69. The zero-order valence-electron chi connectivity index (χ0n) is 14.0. The molecule has 1 aliphatic heterocycles. The molecule has 0 saturated carbocycles. The van der Waals surface area contributed by atoms with Gasteiger partial charge in [0.2, 0.25) is 0 Å². The molecular formula is C18H26N4O. The molecule has 1 saturated heterocycles. The Kier molecular flexibility index (Phi) is 5.10. The second kappa shape index (κ2) is 7.25. The Balaban J connectivity index is 1.53. The smallest absolute Gasteiger partial charge is 0.122 e. The Labute approximate surface area is 138 Å². The van der Waals surface area contributed by atoms with E-state index in [1.165, 1.54) is 0 Å². The number of benzene rings is 1. The fourth-order valence-corrected chi connectivity index (χ4v) is 3.23. The van der Waals surface area contributed by atoms with Crippen LogP contribution in [0.3, 0.4) is 0 Å². The number of hydrogen-bond acceptors (Lipinski definition) is 4. The molecule has 1 aromatic carbocycles. The van der Waals surface area contributed by atoms with Gasteiger partial charge in [0.15, 0.2) is 0 Å². The third-order valence-corrected chi connectivity index (χ3v) is 4.73. The molecule has 0 bridgehead atoms. The van der Waals surface area contributed by atoms with Crippen molar-refractivity contribution in [2.75, 3.05) is 26.2 Å². The van der Waals surface area contributed by atoms with E-state index in [9.17, 15) is 5.11 Å². The van der Waals surface area contributed by atoms with Gasteiger partial charge in [-0.25, -0.2) is 4.98 Å². The van der Waals surface area contributed by atoms with Crippen LogP contribution in [0, 0.1) is 0 Å². The first-order valence-electron chi connectivity index (χ1n) is 8.29. The molecule has 124 valence electrons. The fraction of sp³-hybridized carbons (Fsp3) is 0.500. The van der Waals surface area contributed by atoms with Gasteiger partial charge >= 0.3 is 0 Å². The Morgan fingerprint density at radius 3 is 2.70 bits per heavy atom. The van der Waals surface area contributed by atoms with Gasteiger partial charge in [-0.05, 0) is 12.5 Å². The molecule has 0 aliphatic carbocycles. The van der Waals surface area contributed by atoms with Crippen molar-refractivity contribution in [3.8, 4) is 0 Å². The molecule has 23 heavy (non-hydrogen) atoms. The van der Waals surface area contributed by atoms with E-state index in [2.05, 4.69) is 26.3 Å². The predicted octanol–water partition coefficient (Wildman–Crippen LogP) is 1.66. The van der Waals surface area contributed by atoms with Gasteiger partial charge in [-0.2, -0.15) is 0 Å². The minimum atomic E-state index is -0.413. The number of aryl methyl sites for hydroxylation is 1. The highest BCUT2D eigenvalue weighted by atomic mass is 16.3. The van der Waals surface area contributed by atoms with Crippen LogP contribution < -0.4 is 0 Å². The van der Waals surface area contributed by atoms with Crippen LogP contribution in [0.5, 0.6) is 0 Å². The van der Waals surface area contributed by atoms with Gasteiger partial charge in [-0.15, -0.1) is 0 Å². The van der Waals surface area contributed by atoms with E-state index in [1.807, 2.05) is 49.8 Å².